The van der Waals surface area contributed by atoms with Gasteiger partial charge in [0.05, 0.1) is 11.5 Å². The third-order valence-corrected chi connectivity index (χ3v) is 18.7. The van der Waals surface area contributed by atoms with Crippen LogP contribution < -0.4 is 10.6 Å². The van der Waals surface area contributed by atoms with Gasteiger partial charge in [-0.05, 0) is 163 Å². The van der Waals surface area contributed by atoms with Crippen molar-refractivity contribution >= 4 is 27.6 Å². The van der Waals surface area contributed by atoms with Crippen LogP contribution in [0, 0.1) is 51.2 Å². The van der Waals surface area contributed by atoms with Crippen molar-refractivity contribution in [2.75, 3.05) is 50.8 Å². The smallest absolute Gasteiger partial charge is 0.328 e. The lowest BCUT2D eigenvalue weighted by Crippen LogP contribution is -2.71. The number of carbonyl (C=O) groups is 3. The van der Waals surface area contributed by atoms with E-state index in [4.69, 9.17) is 0 Å². The first-order chi connectivity index (χ1) is 24.5. The van der Waals surface area contributed by atoms with Crippen molar-refractivity contribution in [1.82, 2.24) is 20.4 Å². The van der Waals surface area contributed by atoms with E-state index in [9.17, 15) is 27.9 Å². The van der Waals surface area contributed by atoms with Crippen LogP contribution in [0.4, 0.5) is 0 Å². The van der Waals surface area contributed by atoms with Crippen molar-refractivity contribution in [2.45, 2.75) is 131 Å². The van der Waals surface area contributed by atoms with Crippen LogP contribution in [-0.4, -0.2) is 103 Å². The summed E-state index contributed by atoms with van der Waals surface area (Å²) in [7, 11) is -2.85. The zero-order valence-corrected chi connectivity index (χ0v) is 34.9. The van der Waals surface area contributed by atoms with Crippen LogP contribution in [-0.2, 0) is 24.2 Å². The second-order valence-electron chi connectivity index (χ2n) is 20.3. The Morgan fingerprint density at radius 2 is 1.55 bits per heavy atom. The number of piperidine rings is 1. The monoisotopic (exact) mass is 759 g/mol. The molecular weight excluding hydrogens is 689 g/mol. The molecule has 4 aliphatic carbocycles. The molecule has 2 saturated heterocycles. The molecule has 0 aromatic carbocycles. The molecule has 6 fully saturated rings. The molecule has 0 unspecified atom stereocenters. The number of nitrogens with zero attached hydrogens (tertiary/aromatic N) is 2. The first kappa shape index (κ1) is 40.7. The number of fused-ring (bicyclic) bond motifs is 7. The van der Waals surface area contributed by atoms with E-state index in [1.165, 1.54) is 57.9 Å². The van der Waals surface area contributed by atoms with Gasteiger partial charge in [0.2, 0.25) is 0 Å². The molecular formula is C42H70N4O6S. The van der Waals surface area contributed by atoms with Gasteiger partial charge in [0.15, 0.2) is 9.84 Å². The number of likely N-dealkylation sites (tertiary alicyclic amines) is 1. The summed E-state index contributed by atoms with van der Waals surface area (Å²) in [6.07, 6.45) is 11.4. The fraction of sp³-hybridized carbons (Fsp3) is 0.881. The predicted molar refractivity (Wildman–Crippen MR) is 209 cm³/mol. The fourth-order valence-electron chi connectivity index (χ4n) is 13.9. The average Bonchev–Trinajstić information content (AvgIpc) is 3.45. The van der Waals surface area contributed by atoms with E-state index in [1.54, 1.807) is 4.90 Å². The van der Waals surface area contributed by atoms with E-state index in [1.807, 2.05) is 0 Å². The van der Waals surface area contributed by atoms with Crippen LogP contribution in [0.3, 0.4) is 0 Å². The number of carbonyl (C=O) groups excluding carboxylic acids is 2. The Morgan fingerprint density at radius 3 is 2.19 bits per heavy atom. The molecule has 0 aromatic rings. The highest BCUT2D eigenvalue weighted by Gasteiger charge is 2.71. The molecule has 2 aliphatic heterocycles. The maximum Gasteiger partial charge on any atom is 0.328 e. The quantitative estimate of drug-likeness (QED) is 0.159. The van der Waals surface area contributed by atoms with Gasteiger partial charge in [-0.1, -0.05) is 32.9 Å². The van der Waals surface area contributed by atoms with Crippen molar-refractivity contribution in [1.29, 1.82) is 0 Å². The van der Waals surface area contributed by atoms with Crippen LogP contribution in [0.5, 0.6) is 0 Å². The zero-order valence-electron chi connectivity index (χ0n) is 34.1. The van der Waals surface area contributed by atoms with Crippen LogP contribution >= 0.6 is 0 Å². The summed E-state index contributed by atoms with van der Waals surface area (Å²) in [5.74, 6) is 0.499. The van der Waals surface area contributed by atoms with Gasteiger partial charge in [-0.3, -0.25) is 9.59 Å². The van der Waals surface area contributed by atoms with Gasteiger partial charge in [0.1, 0.15) is 5.54 Å². The van der Waals surface area contributed by atoms with Crippen molar-refractivity contribution in [3.63, 3.8) is 0 Å². The molecule has 53 heavy (non-hydrogen) atoms. The van der Waals surface area contributed by atoms with E-state index in [-0.39, 0.29) is 39.1 Å². The number of nitrogens with one attached hydrogen (secondary N) is 2. The number of carboxylic acid groups (broad SMARTS) is 1. The van der Waals surface area contributed by atoms with Crippen LogP contribution in [0.1, 0.15) is 120 Å². The van der Waals surface area contributed by atoms with Gasteiger partial charge < -0.3 is 25.5 Å². The Hall–Kier alpha value is -1.98. The van der Waals surface area contributed by atoms with Crippen molar-refractivity contribution in [2.24, 2.45) is 51.2 Å². The van der Waals surface area contributed by atoms with E-state index in [0.29, 0.717) is 43.3 Å². The molecule has 3 N–H and O–H groups in total. The second kappa shape index (κ2) is 13.9. The molecule has 6 aliphatic rings. The second-order valence-corrected chi connectivity index (χ2v) is 22.6. The van der Waals surface area contributed by atoms with Crippen molar-refractivity contribution in [3.8, 4) is 0 Å². The van der Waals surface area contributed by atoms with Gasteiger partial charge >= 0.3 is 17.8 Å². The van der Waals surface area contributed by atoms with Crippen LogP contribution in [0.15, 0.2) is 12.2 Å². The van der Waals surface area contributed by atoms with Gasteiger partial charge in [-0.15, -0.1) is 0 Å². The first-order valence-corrected chi connectivity index (χ1v) is 22.5. The van der Waals surface area contributed by atoms with E-state index >= 15 is 0 Å². The number of hydrogen-bond donors (Lipinski definition) is 3. The lowest BCUT2D eigenvalue weighted by atomic mass is 9.33. The normalized spacial score (nSPS) is 40.6. The molecule has 0 spiro atoms. The Balaban J connectivity index is 1.17. The van der Waals surface area contributed by atoms with E-state index < -0.39 is 38.7 Å². The molecule has 10 nitrogen and oxygen atoms in total. The Kier molecular flexibility index (Phi) is 10.7. The third-order valence-electron chi connectivity index (χ3n) is 17.1. The first-order valence-electron chi connectivity index (χ1n) is 20.7. The highest BCUT2D eigenvalue weighted by molar-refractivity contribution is 7.91. The molecule has 6 rings (SSSR count). The minimum atomic E-state index is -2.85. The number of amides is 2. The van der Waals surface area contributed by atoms with Gasteiger partial charge in [-0.25, -0.2) is 13.2 Å². The lowest BCUT2D eigenvalue weighted by Gasteiger charge is -2.73. The minimum Gasteiger partial charge on any atom is -0.480 e. The Labute approximate surface area is 320 Å². The predicted octanol–water partition coefficient (Wildman–Crippen LogP) is 5.52. The summed E-state index contributed by atoms with van der Waals surface area (Å²) in [6.45, 7) is 26.5. The fourth-order valence-corrected chi connectivity index (χ4v) is 15.2. The van der Waals surface area contributed by atoms with Crippen LogP contribution in [0.2, 0.25) is 0 Å². The maximum atomic E-state index is 13.7. The molecule has 2 heterocycles. The molecule has 11 heteroatoms. The molecule has 0 aromatic heterocycles. The number of allylic oxidation sites excluding steroid dienone is 1. The maximum absolute atomic E-state index is 13.7. The summed E-state index contributed by atoms with van der Waals surface area (Å²) in [4.78, 5) is 42.6. The lowest BCUT2D eigenvalue weighted by molar-refractivity contribution is -0.240. The number of hydrogen-bond acceptors (Lipinski definition) is 7. The molecule has 300 valence electrons. The summed E-state index contributed by atoms with van der Waals surface area (Å²) in [5, 5.41) is 16.0. The van der Waals surface area contributed by atoms with Crippen LogP contribution in [0.25, 0.3) is 0 Å². The standard InChI is InChI=1S/C42H70N4O6S/c1-28(2)29-13-16-42(27-43-20-10-21-45-23-25-53(51,52)26-24-45)18-17-40(8)30(33(29)42)11-12-32-39(7)19-22-46(35(48)34(47)44-37(3,4)36(49)50)38(5,6)31(39)14-15-41(32,40)9/h29-33,43H,1,10-27H2,2-9H3,(H,44,47)(H,49,50)/t29-,30+,31-,32+,33+,39-,40+,41+,42+/m0/s1. The van der Waals surface area contributed by atoms with E-state index in [0.717, 1.165) is 45.3 Å². The molecule has 0 bridgehead atoms. The third kappa shape index (κ3) is 6.72. The molecule has 4 saturated carbocycles. The molecule has 2 amide bonds. The highest BCUT2D eigenvalue weighted by Crippen LogP contribution is 2.76. The number of rotatable bonds is 9. The Morgan fingerprint density at radius 1 is 0.868 bits per heavy atom. The Bertz CT molecular complexity index is 1580. The number of carboxylic acids is 1. The summed E-state index contributed by atoms with van der Waals surface area (Å²) in [6, 6.07) is 0. The van der Waals surface area contributed by atoms with Crippen molar-refractivity contribution in [3.05, 3.63) is 12.2 Å². The molecule has 9 atom stereocenters. The van der Waals surface area contributed by atoms with Gasteiger partial charge in [0.25, 0.3) is 0 Å². The average molecular weight is 759 g/mol. The minimum absolute atomic E-state index is 0.0239. The summed E-state index contributed by atoms with van der Waals surface area (Å²) >= 11 is 0. The van der Waals surface area contributed by atoms with Crippen molar-refractivity contribution < 1.29 is 27.9 Å². The highest BCUT2D eigenvalue weighted by atomic mass is 32.2. The molecule has 0 radical (unpaired) electrons. The number of aliphatic carboxylic acids is 1. The SMILES string of the molecule is C=C(C)[C@@H]1CC[C@]2(CNCCCN3CCS(=O)(=O)CC3)CC[C@]3(C)[C@H](CC[C@@H]4[C@@]5(C)CCN(C(=O)C(=O)NC(C)(C)C(=O)O)C(C)(C)[C@@H]5CC[C@]43C)[C@@H]12. The van der Waals surface area contributed by atoms with Gasteiger partial charge in [0, 0.05) is 31.7 Å². The topological polar surface area (TPSA) is 136 Å². The largest absolute Gasteiger partial charge is 0.480 e. The summed E-state index contributed by atoms with van der Waals surface area (Å²) < 4.78 is 23.7. The van der Waals surface area contributed by atoms with E-state index in [2.05, 4.69) is 63.7 Å². The van der Waals surface area contributed by atoms with Gasteiger partial charge in [-0.2, -0.15) is 0 Å². The zero-order chi connectivity index (χ0) is 39.0. The summed E-state index contributed by atoms with van der Waals surface area (Å²) in [5.41, 5.74) is -0.0564. The number of sulfone groups is 1.